The summed E-state index contributed by atoms with van der Waals surface area (Å²) in [5, 5.41) is 3.57. The summed E-state index contributed by atoms with van der Waals surface area (Å²) in [7, 11) is 0. The van der Waals surface area contributed by atoms with Crippen LogP contribution in [0.3, 0.4) is 0 Å². The van der Waals surface area contributed by atoms with Crippen molar-refractivity contribution in [3.8, 4) is 5.75 Å². The highest BCUT2D eigenvalue weighted by Crippen LogP contribution is 2.26. The zero-order valence-corrected chi connectivity index (χ0v) is 13.2. The molecule has 2 aromatic rings. The fraction of sp³-hybridized carbons (Fsp3) is 0.154. The predicted octanol–water partition coefficient (Wildman–Crippen LogP) is 4.40. The summed E-state index contributed by atoms with van der Waals surface area (Å²) < 4.78 is 6.02. The lowest BCUT2D eigenvalue weighted by Crippen LogP contribution is -2.28. The molecule has 0 unspecified atom stereocenters. The van der Waals surface area contributed by atoms with Crippen LogP contribution in [0.25, 0.3) is 0 Å². The van der Waals surface area contributed by atoms with Crippen LogP contribution in [0.1, 0.15) is 4.88 Å². The summed E-state index contributed by atoms with van der Waals surface area (Å²) in [4.78, 5) is 12.6. The number of carbonyl (C=O) groups excluding carboxylic acids is 1. The molecule has 1 aromatic carbocycles. The number of amides is 1. The van der Waals surface area contributed by atoms with E-state index >= 15 is 0 Å². The van der Waals surface area contributed by atoms with Gasteiger partial charge in [0.2, 0.25) is 0 Å². The van der Waals surface area contributed by atoms with Gasteiger partial charge in [0, 0.05) is 10.9 Å². The maximum Gasteiger partial charge on any atom is 0.258 e. The number of hydrogen-bond acceptors (Lipinski definition) is 3. The quantitative estimate of drug-likeness (QED) is 0.867. The van der Waals surface area contributed by atoms with Crippen LogP contribution in [-0.2, 0) is 11.3 Å². The van der Waals surface area contributed by atoms with Crippen molar-refractivity contribution in [2.24, 2.45) is 0 Å². The maximum atomic E-state index is 11.6. The van der Waals surface area contributed by atoms with Gasteiger partial charge in [0.05, 0.1) is 20.9 Å². The topological polar surface area (TPSA) is 38.3 Å². The highest BCUT2D eigenvalue weighted by molar-refractivity contribution is 7.16. The molecule has 1 amide bonds. The Morgan fingerprint density at radius 1 is 1.15 bits per heavy atom. The van der Waals surface area contributed by atoms with E-state index in [0.29, 0.717) is 26.7 Å². The Morgan fingerprint density at radius 3 is 2.60 bits per heavy atom. The fourth-order valence-corrected chi connectivity index (χ4v) is 2.71. The molecule has 0 atom stereocenters. The van der Waals surface area contributed by atoms with Gasteiger partial charge in [0.25, 0.3) is 5.91 Å². The van der Waals surface area contributed by atoms with Crippen LogP contribution in [0.4, 0.5) is 0 Å². The van der Waals surface area contributed by atoms with Gasteiger partial charge in [0.15, 0.2) is 6.61 Å². The van der Waals surface area contributed by atoms with E-state index in [0.717, 1.165) is 4.88 Å². The molecule has 0 aliphatic rings. The Hall–Kier alpha value is -0.940. The Labute approximate surface area is 135 Å². The van der Waals surface area contributed by atoms with Crippen molar-refractivity contribution in [3.63, 3.8) is 0 Å². The van der Waals surface area contributed by atoms with Crippen molar-refractivity contribution in [2.75, 3.05) is 6.61 Å². The maximum absolute atomic E-state index is 11.6. The average molecular weight is 351 g/mol. The van der Waals surface area contributed by atoms with E-state index in [1.54, 1.807) is 24.3 Å². The molecule has 1 aromatic heterocycles. The molecule has 106 valence electrons. The van der Waals surface area contributed by atoms with Crippen molar-refractivity contribution < 1.29 is 9.53 Å². The van der Waals surface area contributed by atoms with Gasteiger partial charge in [-0.05, 0) is 24.3 Å². The first kappa shape index (κ1) is 15.4. The minimum atomic E-state index is -0.222. The van der Waals surface area contributed by atoms with E-state index in [-0.39, 0.29) is 12.5 Å². The van der Waals surface area contributed by atoms with Crippen LogP contribution in [0.15, 0.2) is 30.3 Å². The summed E-state index contributed by atoms with van der Waals surface area (Å²) in [5.41, 5.74) is 0. The molecule has 7 heteroatoms. The zero-order chi connectivity index (χ0) is 14.5. The molecule has 0 radical (unpaired) electrons. The Morgan fingerprint density at radius 2 is 1.95 bits per heavy atom. The van der Waals surface area contributed by atoms with Gasteiger partial charge in [-0.25, -0.2) is 0 Å². The number of thiophene rings is 1. The van der Waals surface area contributed by atoms with Crippen molar-refractivity contribution in [2.45, 2.75) is 6.54 Å². The summed E-state index contributed by atoms with van der Waals surface area (Å²) >= 11 is 18.9. The van der Waals surface area contributed by atoms with Gasteiger partial charge in [-0.15, -0.1) is 11.3 Å². The van der Waals surface area contributed by atoms with Crippen molar-refractivity contribution in [3.05, 3.63) is 49.6 Å². The molecular weight excluding hydrogens is 341 g/mol. The van der Waals surface area contributed by atoms with Gasteiger partial charge in [-0.2, -0.15) is 0 Å². The molecule has 0 aliphatic carbocycles. The molecule has 2 rings (SSSR count). The smallest absolute Gasteiger partial charge is 0.258 e. The lowest BCUT2D eigenvalue weighted by Gasteiger charge is -2.07. The number of carbonyl (C=O) groups is 1. The molecule has 1 N–H and O–H groups in total. The number of hydrogen-bond donors (Lipinski definition) is 1. The van der Waals surface area contributed by atoms with Crippen LogP contribution < -0.4 is 10.1 Å². The third kappa shape index (κ3) is 4.56. The zero-order valence-electron chi connectivity index (χ0n) is 10.2. The van der Waals surface area contributed by atoms with E-state index in [4.69, 9.17) is 39.5 Å². The highest BCUT2D eigenvalue weighted by atomic mass is 35.5. The van der Waals surface area contributed by atoms with E-state index < -0.39 is 0 Å². The third-order valence-corrected chi connectivity index (χ3v) is 4.32. The van der Waals surface area contributed by atoms with Crippen LogP contribution in [0.5, 0.6) is 5.75 Å². The van der Waals surface area contributed by atoms with Gasteiger partial charge in [-0.1, -0.05) is 34.8 Å². The monoisotopic (exact) mass is 349 g/mol. The molecular formula is C13H10Cl3NO2S. The fourth-order valence-electron chi connectivity index (χ4n) is 1.40. The van der Waals surface area contributed by atoms with E-state index in [2.05, 4.69) is 5.32 Å². The van der Waals surface area contributed by atoms with Crippen molar-refractivity contribution >= 4 is 52.0 Å². The van der Waals surface area contributed by atoms with Crippen LogP contribution in [0.2, 0.25) is 14.4 Å². The van der Waals surface area contributed by atoms with E-state index in [1.807, 2.05) is 6.07 Å². The molecule has 3 nitrogen and oxygen atoms in total. The lowest BCUT2D eigenvalue weighted by atomic mass is 10.3. The van der Waals surface area contributed by atoms with Crippen molar-refractivity contribution in [1.82, 2.24) is 5.32 Å². The molecule has 0 saturated carbocycles. The van der Waals surface area contributed by atoms with Crippen LogP contribution >= 0.6 is 46.1 Å². The first-order valence-corrected chi connectivity index (χ1v) is 7.58. The van der Waals surface area contributed by atoms with Gasteiger partial charge in [-0.3, -0.25) is 4.79 Å². The number of rotatable bonds is 5. The Kier molecular flexibility index (Phi) is 5.54. The summed E-state index contributed by atoms with van der Waals surface area (Å²) in [5.74, 6) is 0.273. The third-order valence-electron chi connectivity index (χ3n) is 2.35. The minimum Gasteiger partial charge on any atom is -0.484 e. The highest BCUT2D eigenvalue weighted by Gasteiger charge is 2.05. The molecule has 0 spiro atoms. The molecule has 1 heterocycles. The van der Waals surface area contributed by atoms with Gasteiger partial charge < -0.3 is 10.1 Å². The van der Waals surface area contributed by atoms with Gasteiger partial charge >= 0.3 is 0 Å². The Balaban J connectivity index is 1.78. The normalized spacial score (nSPS) is 10.3. The number of benzene rings is 1. The molecule has 0 bridgehead atoms. The molecule has 0 aliphatic heterocycles. The predicted molar refractivity (Wildman–Crippen MR) is 83.1 cm³/mol. The minimum absolute atomic E-state index is 0.0862. The SMILES string of the molecule is O=C(COc1ccc(Cl)c(Cl)c1)NCc1ccc(Cl)s1. The first-order valence-electron chi connectivity index (χ1n) is 5.63. The summed E-state index contributed by atoms with van der Waals surface area (Å²) in [6.45, 7) is 0.345. The number of halogens is 3. The van der Waals surface area contributed by atoms with Crippen LogP contribution in [-0.4, -0.2) is 12.5 Å². The molecule has 0 saturated heterocycles. The number of nitrogens with one attached hydrogen (secondary N) is 1. The first-order chi connectivity index (χ1) is 9.54. The van der Waals surface area contributed by atoms with Crippen molar-refractivity contribution in [1.29, 1.82) is 0 Å². The largest absolute Gasteiger partial charge is 0.484 e. The van der Waals surface area contributed by atoms with E-state index in [9.17, 15) is 4.79 Å². The molecule has 20 heavy (non-hydrogen) atoms. The second-order valence-electron chi connectivity index (χ2n) is 3.85. The average Bonchev–Trinajstić information content (AvgIpc) is 2.83. The van der Waals surface area contributed by atoms with E-state index in [1.165, 1.54) is 11.3 Å². The van der Waals surface area contributed by atoms with Crippen LogP contribution in [0, 0.1) is 0 Å². The number of ether oxygens (including phenoxy) is 1. The second kappa shape index (κ2) is 7.18. The Bertz CT molecular complexity index is 615. The summed E-state index contributed by atoms with van der Waals surface area (Å²) in [6.07, 6.45) is 0. The second-order valence-corrected chi connectivity index (χ2v) is 6.46. The van der Waals surface area contributed by atoms with Gasteiger partial charge in [0.1, 0.15) is 5.75 Å². The lowest BCUT2D eigenvalue weighted by molar-refractivity contribution is -0.123. The summed E-state index contributed by atoms with van der Waals surface area (Å²) in [6, 6.07) is 8.49. The molecule has 0 fully saturated rings. The standard InChI is InChI=1S/C13H10Cl3NO2S/c14-10-3-1-8(5-11(10)15)19-7-13(18)17-6-9-2-4-12(16)20-9/h1-5H,6-7H2,(H,17,18).